The van der Waals surface area contributed by atoms with Crippen molar-refractivity contribution in [2.75, 3.05) is 0 Å². The number of carboxylic acid groups (broad SMARTS) is 1. The summed E-state index contributed by atoms with van der Waals surface area (Å²) in [7, 11) is 0. The second-order valence-electron chi connectivity index (χ2n) is 4.92. The summed E-state index contributed by atoms with van der Waals surface area (Å²) in [6.07, 6.45) is -0.533. The molecule has 0 radical (unpaired) electrons. The van der Waals surface area contributed by atoms with E-state index in [1.807, 2.05) is 0 Å². The van der Waals surface area contributed by atoms with Crippen LogP contribution in [0.25, 0.3) is 0 Å². The first kappa shape index (κ1) is 16.2. The summed E-state index contributed by atoms with van der Waals surface area (Å²) in [5.74, 6) is -1.06. The normalized spacial score (nSPS) is 14.2. The van der Waals surface area contributed by atoms with Crippen LogP contribution in [0.4, 0.5) is 4.79 Å². The van der Waals surface area contributed by atoms with Crippen LogP contribution in [0, 0.1) is 0 Å². The zero-order valence-electron chi connectivity index (χ0n) is 11.0. The Kier molecular flexibility index (Phi) is 6.15. The fraction of sp³-hybridized carbons (Fsp3) is 0.727. The van der Waals surface area contributed by atoms with Gasteiger partial charge in [0, 0.05) is 0 Å². The molecule has 0 saturated heterocycles. The lowest BCUT2D eigenvalue weighted by molar-refractivity contribution is -0.137. The average Bonchev–Trinajstić information content (AvgIpc) is 2.12. The Morgan fingerprint density at radius 2 is 1.94 bits per heavy atom. The Balaban J connectivity index is 4.40. The molecular weight excluding hydrogens is 240 g/mol. The number of carbonyl (C=O) groups is 3. The Labute approximate surface area is 106 Å². The van der Waals surface area contributed by atoms with Crippen molar-refractivity contribution in [3.63, 3.8) is 0 Å². The van der Waals surface area contributed by atoms with Crippen molar-refractivity contribution < 1.29 is 24.2 Å². The van der Waals surface area contributed by atoms with Crippen LogP contribution in [0.1, 0.15) is 34.1 Å². The van der Waals surface area contributed by atoms with E-state index in [9.17, 15) is 14.4 Å². The van der Waals surface area contributed by atoms with Crippen molar-refractivity contribution >= 4 is 18.5 Å². The van der Waals surface area contributed by atoms with E-state index < -0.39 is 29.7 Å². The van der Waals surface area contributed by atoms with E-state index in [-0.39, 0.29) is 6.42 Å². The van der Waals surface area contributed by atoms with Crippen LogP contribution in [-0.2, 0) is 14.3 Å². The molecule has 18 heavy (non-hydrogen) atoms. The number of aliphatic carboxylic acids is 1. The third-order valence-electron chi connectivity index (χ3n) is 2.02. The third-order valence-corrected chi connectivity index (χ3v) is 2.02. The van der Waals surface area contributed by atoms with E-state index >= 15 is 0 Å². The molecule has 0 saturated carbocycles. The number of alkyl carbamates (subject to hydrolysis) is 1. The number of amides is 2. The van der Waals surface area contributed by atoms with E-state index in [1.165, 1.54) is 0 Å². The molecule has 0 rings (SSSR count). The van der Waals surface area contributed by atoms with Gasteiger partial charge < -0.3 is 20.5 Å². The number of carboxylic acids is 1. The van der Waals surface area contributed by atoms with Gasteiger partial charge in [0.1, 0.15) is 5.60 Å². The molecule has 0 aliphatic heterocycles. The highest BCUT2D eigenvalue weighted by atomic mass is 16.6. The topological polar surface area (TPSA) is 105 Å². The molecule has 0 fully saturated rings. The lowest BCUT2D eigenvalue weighted by Gasteiger charge is -2.25. The molecule has 0 spiro atoms. The van der Waals surface area contributed by atoms with Gasteiger partial charge in [0.15, 0.2) is 0 Å². The monoisotopic (exact) mass is 260 g/mol. The van der Waals surface area contributed by atoms with Crippen molar-refractivity contribution in [3.05, 3.63) is 0 Å². The molecule has 2 unspecified atom stereocenters. The molecule has 7 nitrogen and oxygen atoms in total. The number of hydrogen-bond donors (Lipinski definition) is 3. The second-order valence-corrected chi connectivity index (χ2v) is 4.92. The Bertz CT molecular complexity index is 311. The minimum absolute atomic E-state index is 0.282. The molecule has 0 aliphatic carbocycles. The van der Waals surface area contributed by atoms with Crippen molar-refractivity contribution in [3.8, 4) is 0 Å². The predicted molar refractivity (Wildman–Crippen MR) is 64.1 cm³/mol. The number of ether oxygens (including phenoxy) is 1. The molecule has 3 N–H and O–H groups in total. The summed E-state index contributed by atoms with van der Waals surface area (Å²) in [6.45, 7) is 6.75. The molecule has 0 aromatic carbocycles. The van der Waals surface area contributed by atoms with Gasteiger partial charge in [-0.15, -0.1) is 0 Å². The predicted octanol–water partition coefficient (Wildman–Crippen LogP) is 0.489. The summed E-state index contributed by atoms with van der Waals surface area (Å²) in [5.41, 5.74) is -0.635. The lowest BCUT2D eigenvalue weighted by atomic mass is 10.1. The number of carbonyl (C=O) groups excluding carboxylic acids is 2. The smallest absolute Gasteiger partial charge is 0.407 e. The van der Waals surface area contributed by atoms with Gasteiger partial charge in [0.2, 0.25) is 6.41 Å². The van der Waals surface area contributed by atoms with Gasteiger partial charge in [-0.3, -0.25) is 9.59 Å². The van der Waals surface area contributed by atoms with Crippen LogP contribution < -0.4 is 10.6 Å². The van der Waals surface area contributed by atoms with E-state index in [4.69, 9.17) is 9.84 Å². The average molecular weight is 260 g/mol. The number of hydrogen-bond acceptors (Lipinski definition) is 4. The minimum Gasteiger partial charge on any atom is -0.481 e. The molecule has 0 aliphatic rings. The standard InChI is InChI=1S/C11H20N2O5/c1-7(8(12-6-14)5-9(15)16)13-10(17)18-11(2,3)4/h6-8H,5H2,1-4H3,(H,12,14)(H,13,17)(H,15,16). The van der Waals surface area contributed by atoms with Crippen LogP contribution in [0.3, 0.4) is 0 Å². The summed E-state index contributed by atoms with van der Waals surface area (Å²) >= 11 is 0. The summed E-state index contributed by atoms with van der Waals surface area (Å²) < 4.78 is 5.03. The third kappa shape index (κ3) is 7.48. The Hall–Kier alpha value is -1.79. The summed E-state index contributed by atoms with van der Waals surface area (Å²) in [5, 5.41) is 13.5. The Morgan fingerprint density at radius 3 is 2.33 bits per heavy atom. The van der Waals surface area contributed by atoms with Crippen LogP contribution in [0.2, 0.25) is 0 Å². The molecule has 0 aromatic rings. The molecule has 2 amide bonds. The summed E-state index contributed by atoms with van der Waals surface area (Å²) in [6, 6.07) is -1.24. The molecule has 7 heteroatoms. The minimum atomic E-state index is -1.06. The van der Waals surface area contributed by atoms with Crippen LogP contribution >= 0.6 is 0 Å². The first-order valence-electron chi connectivity index (χ1n) is 5.56. The van der Waals surface area contributed by atoms with E-state index in [1.54, 1.807) is 27.7 Å². The highest BCUT2D eigenvalue weighted by molar-refractivity contribution is 5.70. The van der Waals surface area contributed by atoms with Crippen LogP contribution in [0.5, 0.6) is 0 Å². The van der Waals surface area contributed by atoms with Crippen molar-refractivity contribution in [2.45, 2.75) is 51.8 Å². The largest absolute Gasteiger partial charge is 0.481 e. The molecule has 0 bridgehead atoms. The van der Waals surface area contributed by atoms with Gasteiger partial charge in [-0.05, 0) is 27.7 Å². The summed E-state index contributed by atoms with van der Waals surface area (Å²) in [4.78, 5) is 32.4. The van der Waals surface area contributed by atoms with Crippen LogP contribution in [-0.4, -0.2) is 41.3 Å². The van der Waals surface area contributed by atoms with E-state index in [0.717, 1.165) is 0 Å². The van der Waals surface area contributed by atoms with Gasteiger partial charge in [0.05, 0.1) is 18.5 Å². The van der Waals surface area contributed by atoms with Gasteiger partial charge >= 0.3 is 12.1 Å². The highest BCUT2D eigenvalue weighted by Gasteiger charge is 2.24. The van der Waals surface area contributed by atoms with Gasteiger partial charge in [0.25, 0.3) is 0 Å². The van der Waals surface area contributed by atoms with Crippen molar-refractivity contribution in [2.24, 2.45) is 0 Å². The maximum atomic E-state index is 11.5. The van der Waals surface area contributed by atoms with Gasteiger partial charge in [-0.2, -0.15) is 0 Å². The molecule has 104 valence electrons. The maximum absolute atomic E-state index is 11.5. The highest BCUT2D eigenvalue weighted by Crippen LogP contribution is 2.07. The molecule has 2 atom stereocenters. The van der Waals surface area contributed by atoms with Crippen molar-refractivity contribution in [1.29, 1.82) is 0 Å². The fourth-order valence-corrected chi connectivity index (χ4v) is 1.25. The van der Waals surface area contributed by atoms with Gasteiger partial charge in [-0.1, -0.05) is 0 Å². The maximum Gasteiger partial charge on any atom is 0.407 e. The van der Waals surface area contributed by atoms with Gasteiger partial charge in [-0.25, -0.2) is 4.79 Å². The number of rotatable bonds is 6. The molecule has 0 heterocycles. The lowest BCUT2D eigenvalue weighted by Crippen LogP contribution is -2.50. The SMILES string of the molecule is CC(NC(=O)OC(C)(C)C)C(CC(=O)O)NC=O. The first-order chi connectivity index (χ1) is 8.15. The Morgan fingerprint density at radius 1 is 1.39 bits per heavy atom. The second kappa shape index (κ2) is 6.83. The zero-order valence-corrected chi connectivity index (χ0v) is 11.0. The van der Waals surface area contributed by atoms with E-state index in [0.29, 0.717) is 6.41 Å². The van der Waals surface area contributed by atoms with E-state index in [2.05, 4.69) is 10.6 Å². The fourth-order valence-electron chi connectivity index (χ4n) is 1.25. The first-order valence-corrected chi connectivity index (χ1v) is 5.56. The van der Waals surface area contributed by atoms with Crippen LogP contribution in [0.15, 0.2) is 0 Å². The van der Waals surface area contributed by atoms with Crippen molar-refractivity contribution in [1.82, 2.24) is 10.6 Å². The molecular formula is C11H20N2O5. The zero-order chi connectivity index (χ0) is 14.3. The molecule has 0 aromatic heterocycles. The number of nitrogens with one attached hydrogen (secondary N) is 2. The quantitative estimate of drug-likeness (QED) is 0.603.